The molecule has 2 aromatic carbocycles. The summed E-state index contributed by atoms with van der Waals surface area (Å²) in [6, 6.07) is 17.3. The predicted octanol–water partition coefficient (Wildman–Crippen LogP) is 6.54. The van der Waals surface area contributed by atoms with Gasteiger partial charge in [0.05, 0.1) is 12.1 Å². The van der Waals surface area contributed by atoms with Gasteiger partial charge in [-0.05, 0) is 42.5 Å². The average Bonchev–Trinajstić information content (AvgIpc) is 2.99. The summed E-state index contributed by atoms with van der Waals surface area (Å²) < 4.78 is 22.6. The van der Waals surface area contributed by atoms with E-state index in [0.717, 1.165) is 33.6 Å². The van der Waals surface area contributed by atoms with Crippen LogP contribution in [0.4, 0.5) is 4.39 Å². The molecular weight excluding hydrogens is 375 g/mol. The van der Waals surface area contributed by atoms with E-state index in [9.17, 15) is 4.39 Å². The Balaban J connectivity index is 1.68. The van der Waals surface area contributed by atoms with Crippen molar-refractivity contribution in [1.82, 2.24) is 9.55 Å². The number of benzene rings is 2. The molecule has 0 unspecified atom stereocenters. The zero-order valence-electron chi connectivity index (χ0n) is 17.9. The van der Waals surface area contributed by atoms with Crippen LogP contribution in [0.25, 0.3) is 11.0 Å². The minimum Gasteiger partial charge on any atom is -0.487 e. The maximum Gasteiger partial charge on any atom is 0.147 e. The van der Waals surface area contributed by atoms with E-state index < -0.39 is 0 Å². The first-order valence-corrected chi connectivity index (χ1v) is 10.3. The van der Waals surface area contributed by atoms with E-state index in [-0.39, 0.29) is 5.82 Å². The minimum absolute atomic E-state index is 0.201. The Hall–Kier alpha value is -3.14. The van der Waals surface area contributed by atoms with E-state index in [4.69, 9.17) is 4.74 Å². The molecule has 0 aliphatic carbocycles. The van der Waals surface area contributed by atoms with Crippen LogP contribution in [0.1, 0.15) is 47.7 Å². The summed E-state index contributed by atoms with van der Waals surface area (Å²) in [5.41, 5.74) is 7.05. The standard InChI is InChI=1S/C26H27FN2O/c1-17(2)21-11-9-20(10-12-21)16-30-24-13-14-28-25-18(3)19(4)29(26(24)25)15-22-7-5-6-8-23(22)27/h5-14,17H,15-16H2,1-4H3. The molecule has 3 nitrogen and oxygen atoms in total. The van der Waals surface area contributed by atoms with Gasteiger partial charge in [-0.3, -0.25) is 4.98 Å². The highest BCUT2D eigenvalue weighted by molar-refractivity contribution is 5.86. The van der Waals surface area contributed by atoms with Gasteiger partial charge in [0.1, 0.15) is 23.7 Å². The third-order valence-electron chi connectivity index (χ3n) is 5.79. The zero-order valence-corrected chi connectivity index (χ0v) is 17.9. The van der Waals surface area contributed by atoms with E-state index in [1.54, 1.807) is 12.3 Å². The molecule has 0 atom stereocenters. The largest absolute Gasteiger partial charge is 0.487 e. The van der Waals surface area contributed by atoms with Crippen LogP contribution in [0, 0.1) is 19.7 Å². The van der Waals surface area contributed by atoms with Crippen molar-refractivity contribution in [3.05, 3.63) is 94.6 Å². The molecular formula is C26H27FN2O. The molecule has 0 aliphatic heterocycles. The molecule has 0 radical (unpaired) electrons. The lowest BCUT2D eigenvalue weighted by atomic mass is 10.0. The smallest absolute Gasteiger partial charge is 0.147 e. The molecule has 0 saturated carbocycles. The Morgan fingerprint density at radius 1 is 1.00 bits per heavy atom. The summed E-state index contributed by atoms with van der Waals surface area (Å²) in [5, 5.41) is 0. The fourth-order valence-electron chi connectivity index (χ4n) is 3.78. The lowest BCUT2D eigenvalue weighted by Crippen LogP contribution is -2.05. The first-order valence-electron chi connectivity index (χ1n) is 10.3. The SMILES string of the molecule is Cc1c(C)n(Cc2ccccc2F)c2c(OCc3ccc(C(C)C)cc3)ccnc12. The number of nitrogens with zero attached hydrogens (tertiary/aromatic N) is 2. The molecule has 4 rings (SSSR count). The van der Waals surface area contributed by atoms with Crippen LogP contribution in [0.15, 0.2) is 60.8 Å². The molecule has 2 aromatic heterocycles. The maximum absolute atomic E-state index is 14.3. The molecule has 4 heteroatoms. The molecule has 2 heterocycles. The van der Waals surface area contributed by atoms with E-state index in [1.807, 2.05) is 25.1 Å². The number of pyridine rings is 1. The summed E-state index contributed by atoms with van der Waals surface area (Å²) in [4.78, 5) is 4.58. The van der Waals surface area contributed by atoms with Gasteiger partial charge < -0.3 is 9.30 Å². The van der Waals surface area contributed by atoms with Gasteiger partial charge in [0.2, 0.25) is 0 Å². The van der Waals surface area contributed by atoms with E-state index in [0.29, 0.717) is 24.6 Å². The lowest BCUT2D eigenvalue weighted by molar-refractivity contribution is 0.308. The van der Waals surface area contributed by atoms with Gasteiger partial charge in [0, 0.05) is 23.5 Å². The maximum atomic E-state index is 14.3. The number of halogens is 1. The van der Waals surface area contributed by atoms with Gasteiger partial charge in [0.15, 0.2) is 0 Å². The van der Waals surface area contributed by atoms with Crippen LogP contribution in [0.3, 0.4) is 0 Å². The number of ether oxygens (including phenoxy) is 1. The molecule has 30 heavy (non-hydrogen) atoms. The lowest BCUT2D eigenvalue weighted by Gasteiger charge is -2.13. The number of aromatic nitrogens is 2. The monoisotopic (exact) mass is 402 g/mol. The predicted molar refractivity (Wildman–Crippen MR) is 120 cm³/mol. The summed E-state index contributed by atoms with van der Waals surface area (Å²) in [6.07, 6.45) is 1.78. The molecule has 0 aliphatic rings. The zero-order chi connectivity index (χ0) is 21.3. The average molecular weight is 403 g/mol. The number of hydrogen-bond donors (Lipinski definition) is 0. The van der Waals surface area contributed by atoms with Crippen molar-refractivity contribution >= 4 is 11.0 Å². The molecule has 0 amide bonds. The summed E-state index contributed by atoms with van der Waals surface area (Å²) in [5.74, 6) is 1.07. The summed E-state index contributed by atoms with van der Waals surface area (Å²) >= 11 is 0. The Bertz CT molecular complexity index is 1180. The number of aryl methyl sites for hydroxylation is 1. The van der Waals surface area contributed by atoms with Crippen molar-refractivity contribution < 1.29 is 9.13 Å². The van der Waals surface area contributed by atoms with Crippen molar-refractivity contribution in [2.24, 2.45) is 0 Å². The van der Waals surface area contributed by atoms with Crippen molar-refractivity contribution in [3.63, 3.8) is 0 Å². The second-order valence-corrected chi connectivity index (χ2v) is 8.08. The summed E-state index contributed by atoms with van der Waals surface area (Å²) in [7, 11) is 0. The highest BCUT2D eigenvalue weighted by Gasteiger charge is 2.17. The molecule has 0 fully saturated rings. The van der Waals surface area contributed by atoms with Gasteiger partial charge in [-0.1, -0.05) is 56.3 Å². The normalized spacial score (nSPS) is 11.4. The minimum atomic E-state index is -0.201. The van der Waals surface area contributed by atoms with Crippen LogP contribution in [-0.4, -0.2) is 9.55 Å². The van der Waals surface area contributed by atoms with Gasteiger partial charge in [-0.2, -0.15) is 0 Å². The van der Waals surface area contributed by atoms with Crippen molar-refractivity contribution in [3.8, 4) is 5.75 Å². The highest BCUT2D eigenvalue weighted by Crippen LogP contribution is 2.32. The Labute approximate surface area is 177 Å². The van der Waals surface area contributed by atoms with Gasteiger partial charge in [-0.15, -0.1) is 0 Å². The van der Waals surface area contributed by atoms with Crippen molar-refractivity contribution in [1.29, 1.82) is 0 Å². The first kappa shape index (κ1) is 20.1. The highest BCUT2D eigenvalue weighted by atomic mass is 19.1. The van der Waals surface area contributed by atoms with Crippen LogP contribution in [0.2, 0.25) is 0 Å². The van der Waals surface area contributed by atoms with Crippen molar-refractivity contribution in [2.75, 3.05) is 0 Å². The van der Waals surface area contributed by atoms with Crippen molar-refractivity contribution in [2.45, 2.75) is 46.8 Å². The third-order valence-corrected chi connectivity index (χ3v) is 5.79. The number of fused-ring (bicyclic) bond motifs is 1. The van der Waals surface area contributed by atoms with Crippen LogP contribution >= 0.6 is 0 Å². The molecule has 0 spiro atoms. The van der Waals surface area contributed by atoms with Crippen LogP contribution < -0.4 is 4.74 Å². The molecule has 0 bridgehead atoms. The molecule has 0 saturated heterocycles. The summed E-state index contributed by atoms with van der Waals surface area (Å²) in [6.45, 7) is 9.39. The fraction of sp³-hybridized carbons (Fsp3) is 0.269. The quantitative estimate of drug-likeness (QED) is 0.366. The molecule has 0 N–H and O–H groups in total. The Morgan fingerprint density at radius 3 is 2.43 bits per heavy atom. The van der Waals surface area contributed by atoms with Crippen LogP contribution in [-0.2, 0) is 13.2 Å². The van der Waals surface area contributed by atoms with E-state index in [2.05, 4.69) is 54.6 Å². The fourth-order valence-corrected chi connectivity index (χ4v) is 3.78. The van der Waals surface area contributed by atoms with Gasteiger partial charge >= 0.3 is 0 Å². The van der Waals surface area contributed by atoms with Crippen LogP contribution in [0.5, 0.6) is 5.75 Å². The topological polar surface area (TPSA) is 27.1 Å². The van der Waals surface area contributed by atoms with E-state index in [1.165, 1.54) is 11.6 Å². The number of hydrogen-bond acceptors (Lipinski definition) is 2. The second kappa shape index (κ2) is 8.31. The first-order chi connectivity index (χ1) is 14.5. The van der Waals surface area contributed by atoms with Gasteiger partial charge in [-0.25, -0.2) is 4.39 Å². The Kier molecular flexibility index (Phi) is 5.58. The second-order valence-electron chi connectivity index (χ2n) is 8.08. The molecule has 154 valence electrons. The number of rotatable bonds is 6. The van der Waals surface area contributed by atoms with E-state index >= 15 is 0 Å². The third kappa shape index (κ3) is 3.82. The molecule has 4 aromatic rings. The van der Waals surface area contributed by atoms with Gasteiger partial charge in [0.25, 0.3) is 0 Å². The Morgan fingerprint density at radius 2 is 1.73 bits per heavy atom.